The van der Waals surface area contributed by atoms with Gasteiger partial charge in [0.05, 0.1) is 12.1 Å². The molecule has 2 heterocycles. The number of ether oxygens (including phenoxy) is 1. The fraction of sp³-hybridized carbons (Fsp3) is 0.562. The molecule has 1 fully saturated rings. The van der Waals surface area contributed by atoms with Gasteiger partial charge in [0.25, 0.3) is 0 Å². The molecule has 1 aromatic carbocycles. The van der Waals surface area contributed by atoms with Gasteiger partial charge in [-0.05, 0) is 44.7 Å². The van der Waals surface area contributed by atoms with Gasteiger partial charge in [-0.15, -0.1) is 0 Å². The van der Waals surface area contributed by atoms with E-state index >= 15 is 0 Å². The predicted molar refractivity (Wildman–Crippen MR) is 79.1 cm³/mol. The molecule has 2 aliphatic heterocycles. The number of carbonyl (C=O) groups is 1. The molecular formula is C16H22N2O2. The van der Waals surface area contributed by atoms with Gasteiger partial charge in [0, 0.05) is 18.3 Å². The van der Waals surface area contributed by atoms with Crippen molar-refractivity contribution in [3.8, 4) is 0 Å². The van der Waals surface area contributed by atoms with Crippen LogP contribution in [0.4, 0.5) is 10.5 Å². The Balaban J connectivity index is 1.70. The van der Waals surface area contributed by atoms with Crippen molar-refractivity contribution in [2.45, 2.75) is 51.3 Å². The van der Waals surface area contributed by atoms with E-state index in [1.165, 1.54) is 5.56 Å². The second-order valence-electron chi connectivity index (χ2n) is 5.84. The lowest BCUT2D eigenvalue weighted by Gasteiger charge is -2.27. The van der Waals surface area contributed by atoms with Crippen LogP contribution in [0.25, 0.3) is 0 Å². The zero-order chi connectivity index (χ0) is 14.1. The highest BCUT2D eigenvalue weighted by Gasteiger charge is 2.32. The number of urea groups is 1. The van der Waals surface area contributed by atoms with Gasteiger partial charge < -0.3 is 10.1 Å². The molecule has 0 radical (unpaired) electrons. The lowest BCUT2D eigenvalue weighted by atomic mass is 10.1. The first-order valence-electron chi connectivity index (χ1n) is 7.46. The van der Waals surface area contributed by atoms with Gasteiger partial charge >= 0.3 is 6.03 Å². The molecule has 0 aromatic heterocycles. The van der Waals surface area contributed by atoms with E-state index in [9.17, 15) is 4.79 Å². The van der Waals surface area contributed by atoms with Crippen LogP contribution in [0, 0.1) is 0 Å². The van der Waals surface area contributed by atoms with Crippen molar-refractivity contribution in [1.82, 2.24) is 5.32 Å². The first kappa shape index (κ1) is 13.4. The molecule has 3 unspecified atom stereocenters. The van der Waals surface area contributed by atoms with E-state index in [4.69, 9.17) is 4.74 Å². The van der Waals surface area contributed by atoms with E-state index in [1.54, 1.807) is 0 Å². The van der Waals surface area contributed by atoms with Crippen LogP contribution in [0.1, 0.15) is 32.3 Å². The Bertz CT molecular complexity index is 497. The molecule has 1 saturated heterocycles. The lowest BCUT2D eigenvalue weighted by molar-refractivity contribution is 0.0863. The number of rotatable bonds is 2. The number of hydrogen-bond acceptors (Lipinski definition) is 2. The monoisotopic (exact) mass is 274 g/mol. The molecule has 1 N–H and O–H groups in total. The molecule has 20 heavy (non-hydrogen) atoms. The number of nitrogens with one attached hydrogen (secondary N) is 1. The number of hydrogen-bond donors (Lipinski definition) is 1. The van der Waals surface area contributed by atoms with Gasteiger partial charge in [0.1, 0.15) is 0 Å². The Morgan fingerprint density at radius 1 is 1.45 bits per heavy atom. The highest BCUT2D eigenvalue weighted by Crippen LogP contribution is 2.31. The minimum absolute atomic E-state index is 0.00884. The van der Waals surface area contributed by atoms with Gasteiger partial charge in [-0.3, -0.25) is 4.90 Å². The van der Waals surface area contributed by atoms with E-state index in [2.05, 4.69) is 18.3 Å². The molecule has 4 heteroatoms. The van der Waals surface area contributed by atoms with Gasteiger partial charge in [-0.25, -0.2) is 4.79 Å². The summed E-state index contributed by atoms with van der Waals surface area (Å²) in [5, 5.41) is 3.10. The summed E-state index contributed by atoms with van der Waals surface area (Å²) in [7, 11) is 0. The Hall–Kier alpha value is -1.55. The molecule has 3 atom stereocenters. The maximum atomic E-state index is 12.5. The number of para-hydroxylation sites is 1. The summed E-state index contributed by atoms with van der Waals surface area (Å²) < 4.78 is 5.64. The van der Waals surface area contributed by atoms with Gasteiger partial charge in [-0.2, -0.15) is 0 Å². The Kier molecular flexibility index (Phi) is 3.66. The standard InChI is InChI=1S/C16H22N2O2/c1-11-10-13-6-3-4-7-14(13)18(11)16(19)17-12(2)15-8-5-9-20-15/h3-4,6-7,11-12,15H,5,8-10H2,1-2H3,(H,17,19). The van der Waals surface area contributed by atoms with Crippen molar-refractivity contribution >= 4 is 11.7 Å². The third-order valence-corrected chi connectivity index (χ3v) is 4.30. The summed E-state index contributed by atoms with van der Waals surface area (Å²) in [5.74, 6) is 0. The summed E-state index contributed by atoms with van der Waals surface area (Å²) in [5.41, 5.74) is 2.29. The summed E-state index contributed by atoms with van der Waals surface area (Å²) in [6.45, 7) is 4.94. The molecule has 1 aromatic rings. The third kappa shape index (κ3) is 2.40. The topological polar surface area (TPSA) is 41.6 Å². The van der Waals surface area contributed by atoms with Crippen LogP contribution in [0.3, 0.4) is 0 Å². The third-order valence-electron chi connectivity index (χ3n) is 4.30. The van der Waals surface area contributed by atoms with Crippen molar-refractivity contribution < 1.29 is 9.53 Å². The molecule has 108 valence electrons. The van der Waals surface area contributed by atoms with Crippen molar-refractivity contribution in [3.63, 3.8) is 0 Å². The normalized spacial score (nSPS) is 26.4. The van der Waals surface area contributed by atoms with Gasteiger partial charge in [-0.1, -0.05) is 18.2 Å². The summed E-state index contributed by atoms with van der Waals surface area (Å²) >= 11 is 0. The van der Waals surface area contributed by atoms with E-state index in [0.717, 1.165) is 31.6 Å². The molecule has 4 nitrogen and oxygen atoms in total. The number of benzene rings is 1. The highest BCUT2D eigenvalue weighted by atomic mass is 16.5. The van der Waals surface area contributed by atoms with Crippen molar-refractivity contribution in [1.29, 1.82) is 0 Å². The molecular weight excluding hydrogens is 252 g/mol. The molecule has 0 spiro atoms. The van der Waals surface area contributed by atoms with Crippen molar-refractivity contribution in [3.05, 3.63) is 29.8 Å². The summed E-state index contributed by atoms with van der Waals surface area (Å²) in [4.78, 5) is 14.4. The first-order chi connectivity index (χ1) is 9.66. The Morgan fingerprint density at radius 3 is 3.00 bits per heavy atom. The van der Waals surface area contributed by atoms with Gasteiger partial charge in [0.15, 0.2) is 0 Å². The second-order valence-corrected chi connectivity index (χ2v) is 5.84. The average Bonchev–Trinajstić information content (AvgIpc) is 3.04. The maximum Gasteiger partial charge on any atom is 0.322 e. The van der Waals surface area contributed by atoms with E-state index in [0.29, 0.717) is 0 Å². The molecule has 0 aliphatic carbocycles. The lowest BCUT2D eigenvalue weighted by Crippen LogP contribution is -2.49. The Labute approximate surface area is 120 Å². The summed E-state index contributed by atoms with van der Waals surface area (Å²) in [6.07, 6.45) is 3.21. The number of anilines is 1. The number of amides is 2. The smallest absolute Gasteiger partial charge is 0.322 e. The van der Waals surface area contributed by atoms with E-state index in [1.807, 2.05) is 30.0 Å². The largest absolute Gasteiger partial charge is 0.376 e. The predicted octanol–water partition coefficient (Wildman–Crippen LogP) is 2.71. The van der Waals surface area contributed by atoms with Crippen LogP contribution in [0.5, 0.6) is 0 Å². The fourth-order valence-corrected chi connectivity index (χ4v) is 3.23. The molecule has 2 amide bonds. The van der Waals surface area contributed by atoms with Crippen LogP contribution < -0.4 is 10.2 Å². The van der Waals surface area contributed by atoms with Crippen molar-refractivity contribution in [2.24, 2.45) is 0 Å². The molecule has 0 bridgehead atoms. The zero-order valence-electron chi connectivity index (χ0n) is 12.1. The second kappa shape index (κ2) is 5.44. The molecule has 2 aliphatic rings. The minimum atomic E-state index is -0.00884. The van der Waals surface area contributed by atoms with E-state index in [-0.39, 0.29) is 24.2 Å². The highest BCUT2D eigenvalue weighted by molar-refractivity contribution is 5.95. The number of fused-ring (bicyclic) bond motifs is 1. The SMILES string of the molecule is CC(NC(=O)N1c2ccccc2CC1C)C1CCCO1. The molecule has 0 saturated carbocycles. The number of carbonyl (C=O) groups excluding carboxylic acids is 1. The maximum absolute atomic E-state index is 12.5. The van der Waals surface area contributed by atoms with Crippen LogP contribution in [0.15, 0.2) is 24.3 Å². The quantitative estimate of drug-likeness (QED) is 0.901. The first-order valence-corrected chi connectivity index (χ1v) is 7.46. The minimum Gasteiger partial charge on any atom is -0.376 e. The Morgan fingerprint density at radius 2 is 2.25 bits per heavy atom. The molecule has 3 rings (SSSR count). The average molecular weight is 274 g/mol. The van der Waals surface area contributed by atoms with Gasteiger partial charge in [0.2, 0.25) is 0 Å². The van der Waals surface area contributed by atoms with Crippen LogP contribution in [-0.2, 0) is 11.2 Å². The fourth-order valence-electron chi connectivity index (χ4n) is 3.23. The van der Waals surface area contributed by atoms with Crippen LogP contribution >= 0.6 is 0 Å². The van der Waals surface area contributed by atoms with Crippen LogP contribution in [0.2, 0.25) is 0 Å². The van der Waals surface area contributed by atoms with Crippen molar-refractivity contribution in [2.75, 3.05) is 11.5 Å². The van der Waals surface area contributed by atoms with E-state index < -0.39 is 0 Å². The summed E-state index contributed by atoms with van der Waals surface area (Å²) in [6, 6.07) is 8.40. The van der Waals surface area contributed by atoms with Crippen LogP contribution in [-0.4, -0.2) is 30.8 Å². The number of nitrogens with zero attached hydrogens (tertiary/aromatic N) is 1. The zero-order valence-corrected chi connectivity index (χ0v) is 12.1.